The molecule has 0 spiro atoms. The Labute approximate surface area is 284 Å². The predicted octanol–water partition coefficient (Wildman–Crippen LogP) is 4.64. The number of amides is 3. The number of hydrogen-bond acceptors (Lipinski definition) is 9. The highest BCUT2D eigenvalue weighted by atomic mass is 18.2. The standard InChI is InChI=1S/C36H42FN3O9/c1-24(41)31(6-4-5-21-38-34(43)27-11-13-28(37)14-12-27)39-36(45)40-32(35(44)49-23-26-9-17-30(47-3)18-10-26)19-20-33(42)48-22-25-7-15-29(46-2)16-8-25/h7-18,31-32H,4-6,19-23H2,1-3H3,(H,38,43)(H2,39,40,45)/i37-1. The van der Waals surface area contributed by atoms with Crippen molar-refractivity contribution in [1.82, 2.24) is 16.0 Å². The lowest BCUT2D eigenvalue weighted by atomic mass is 10.1. The van der Waals surface area contributed by atoms with E-state index in [1.165, 1.54) is 38.3 Å². The number of nitrogens with one attached hydrogen (secondary N) is 3. The van der Waals surface area contributed by atoms with E-state index in [4.69, 9.17) is 18.9 Å². The van der Waals surface area contributed by atoms with Crippen LogP contribution in [0.15, 0.2) is 72.8 Å². The molecule has 13 heteroatoms. The summed E-state index contributed by atoms with van der Waals surface area (Å²) in [5.41, 5.74) is 1.75. The second kappa shape index (κ2) is 20.0. The largest absolute Gasteiger partial charge is 0.497 e. The molecule has 0 aromatic heterocycles. The number of benzene rings is 3. The minimum atomic E-state index is -1.22. The van der Waals surface area contributed by atoms with Gasteiger partial charge in [0.1, 0.15) is 36.6 Å². The zero-order valence-corrected chi connectivity index (χ0v) is 27.8. The lowest BCUT2D eigenvalue weighted by Crippen LogP contribution is -2.51. The average Bonchev–Trinajstić information content (AvgIpc) is 3.11. The molecule has 3 aromatic rings. The maximum absolute atomic E-state index is 13.1. The van der Waals surface area contributed by atoms with Crippen molar-refractivity contribution >= 4 is 29.7 Å². The molecule has 2 unspecified atom stereocenters. The Kier molecular flexibility index (Phi) is 15.5. The van der Waals surface area contributed by atoms with Gasteiger partial charge < -0.3 is 34.9 Å². The number of unbranched alkanes of at least 4 members (excludes halogenated alkanes) is 1. The van der Waals surface area contributed by atoms with E-state index in [0.29, 0.717) is 42.0 Å². The topological polar surface area (TPSA) is 158 Å². The Morgan fingerprint density at radius 1 is 0.694 bits per heavy atom. The van der Waals surface area contributed by atoms with Crippen molar-refractivity contribution in [3.63, 3.8) is 0 Å². The number of rotatable bonds is 19. The highest BCUT2D eigenvalue weighted by Gasteiger charge is 2.26. The van der Waals surface area contributed by atoms with Crippen LogP contribution in [0.5, 0.6) is 11.5 Å². The van der Waals surface area contributed by atoms with Gasteiger partial charge in [0.15, 0.2) is 5.78 Å². The number of methoxy groups -OCH3 is 2. The smallest absolute Gasteiger partial charge is 0.329 e. The van der Waals surface area contributed by atoms with Gasteiger partial charge in [-0.25, -0.2) is 14.0 Å². The summed E-state index contributed by atoms with van der Waals surface area (Å²) in [6.07, 6.45) is 0.966. The zero-order valence-electron chi connectivity index (χ0n) is 27.8. The quantitative estimate of drug-likeness (QED) is 0.121. The first-order valence-electron chi connectivity index (χ1n) is 15.8. The summed E-state index contributed by atoms with van der Waals surface area (Å²) in [4.78, 5) is 63.1. The average molecular weight is 679 g/mol. The number of Topliss-reactive ketones (excluding diaryl/α,β-unsaturated/α-hetero) is 1. The molecule has 2 atom stereocenters. The summed E-state index contributed by atoms with van der Waals surface area (Å²) >= 11 is 0. The normalized spacial score (nSPS) is 11.8. The number of esters is 2. The van der Waals surface area contributed by atoms with Crippen LogP contribution < -0.4 is 25.4 Å². The van der Waals surface area contributed by atoms with E-state index in [0.717, 1.165) is 5.56 Å². The molecule has 0 aliphatic heterocycles. The van der Waals surface area contributed by atoms with E-state index in [2.05, 4.69) is 16.0 Å². The Hall–Kier alpha value is -5.46. The number of hydrogen-bond donors (Lipinski definition) is 3. The molecule has 0 saturated heterocycles. The van der Waals surface area contributed by atoms with Crippen LogP contribution in [0.4, 0.5) is 9.18 Å². The summed E-state index contributed by atoms with van der Waals surface area (Å²) in [7, 11) is 3.08. The monoisotopic (exact) mass is 678 g/mol. The molecule has 3 rings (SSSR count). The first-order valence-corrected chi connectivity index (χ1v) is 15.8. The van der Waals surface area contributed by atoms with Crippen LogP contribution in [0.2, 0.25) is 0 Å². The highest BCUT2D eigenvalue weighted by Crippen LogP contribution is 2.15. The third kappa shape index (κ3) is 13.7. The van der Waals surface area contributed by atoms with Crippen LogP contribution in [-0.2, 0) is 37.1 Å². The minimum absolute atomic E-state index is 0.0134. The number of ketones is 1. The molecule has 0 radical (unpaired) electrons. The summed E-state index contributed by atoms with van der Waals surface area (Å²) in [5.74, 6) is -1.15. The third-order valence-corrected chi connectivity index (χ3v) is 7.43. The van der Waals surface area contributed by atoms with Crippen molar-refractivity contribution < 1.29 is 47.3 Å². The summed E-state index contributed by atoms with van der Waals surface area (Å²) in [6.45, 7) is 1.57. The molecule has 0 saturated carbocycles. The summed E-state index contributed by atoms with van der Waals surface area (Å²) in [6, 6.07) is 16.2. The fourth-order valence-electron chi connectivity index (χ4n) is 4.56. The van der Waals surface area contributed by atoms with Crippen molar-refractivity contribution in [2.45, 2.75) is 64.3 Å². The van der Waals surface area contributed by atoms with Crippen LogP contribution >= 0.6 is 0 Å². The van der Waals surface area contributed by atoms with Gasteiger partial charge in [-0.1, -0.05) is 24.3 Å². The number of carbonyl (C=O) groups excluding carboxylic acids is 5. The van der Waals surface area contributed by atoms with E-state index in [1.54, 1.807) is 55.6 Å². The fraction of sp³-hybridized carbons (Fsp3) is 0.361. The second-order valence-electron chi connectivity index (χ2n) is 11.1. The van der Waals surface area contributed by atoms with E-state index >= 15 is 0 Å². The second-order valence-corrected chi connectivity index (χ2v) is 11.1. The van der Waals surface area contributed by atoms with Crippen molar-refractivity contribution in [2.24, 2.45) is 0 Å². The summed E-state index contributed by atoms with van der Waals surface area (Å²) in [5, 5.41) is 7.86. The lowest BCUT2D eigenvalue weighted by molar-refractivity contribution is -0.148. The van der Waals surface area contributed by atoms with Gasteiger partial charge in [0, 0.05) is 18.5 Å². The van der Waals surface area contributed by atoms with Gasteiger partial charge in [-0.15, -0.1) is 0 Å². The van der Waals surface area contributed by atoms with Gasteiger partial charge in [0.05, 0.1) is 20.3 Å². The van der Waals surface area contributed by atoms with Gasteiger partial charge in [0.2, 0.25) is 0 Å². The van der Waals surface area contributed by atoms with Gasteiger partial charge in [-0.2, -0.15) is 0 Å². The zero-order chi connectivity index (χ0) is 35.6. The van der Waals surface area contributed by atoms with Gasteiger partial charge in [-0.05, 0) is 92.3 Å². The lowest BCUT2D eigenvalue weighted by Gasteiger charge is -2.21. The molecule has 3 amide bonds. The van der Waals surface area contributed by atoms with Crippen LogP contribution in [-0.4, -0.2) is 62.5 Å². The van der Waals surface area contributed by atoms with Crippen molar-refractivity contribution in [3.8, 4) is 11.5 Å². The van der Waals surface area contributed by atoms with Crippen LogP contribution in [0.1, 0.15) is 60.5 Å². The van der Waals surface area contributed by atoms with E-state index in [-0.39, 0.29) is 44.2 Å². The Morgan fingerprint density at radius 2 is 1.24 bits per heavy atom. The SMILES string of the molecule is COc1ccc(COC(=O)CCC(NC(=O)NC(CCCCNC(=O)c2ccc([18F])cc2)C(C)=O)C(=O)OCc2ccc(OC)cc2)cc1. The maximum Gasteiger partial charge on any atom is 0.329 e. The molecule has 49 heavy (non-hydrogen) atoms. The third-order valence-electron chi connectivity index (χ3n) is 7.43. The van der Waals surface area contributed by atoms with E-state index in [9.17, 15) is 28.4 Å². The Balaban J connectivity index is 1.52. The van der Waals surface area contributed by atoms with Crippen LogP contribution in [0, 0.1) is 5.82 Å². The molecule has 0 heterocycles. The number of ether oxygens (including phenoxy) is 4. The van der Waals surface area contributed by atoms with Gasteiger partial charge in [0.25, 0.3) is 5.91 Å². The van der Waals surface area contributed by atoms with Gasteiger partial charge >= 0.3 is 18.0 Å². The number of urea groups is 1. The molecule has 0 bridgehead atoms. The molecular weight excluding hydrogens is 636 g/mol. The molecule has 0 aliphatic carbocycles. The number of halogens is 1. The van der Waals surface area contributed by atoms with Crippen molar-refractivity contribution in [3.05, 3.63) is 95.3 Å². The minimum Gasteiger partial charge on any atom is -0.497 e. The van der Waals surface area contributed by atoms with Crippen LogP contribution in [0.3, 0.4) is 0 Å². The molecule has 12 nitrogen and oxygen atoms in total. The van der Waals surface area contributed by atoms with Crippen LogP contribution in [0.25, 0.3) is 0 Å². The molecule has 262 valence electrons. The Morgan fingerprint density at radius 3 is 1.80 bits per heavy atom. The van der Waals surface area contributed by atoms with Crippen molar-refractivity contribution in [1.29, 1.82) is 0 Å². The molecule has 0 fully saturated rings. The summed E-state index contributed by atoms with van der Waals surface area (Å²) < 4.78 is 34.1. The molecular formula is C36H42FN3O9. The molecule has 3 aromatic carbocycles. The molecule has 3 N–H and O–H groups in total. The highest BCUT2D eigenvalue weighted by molar-refractivity contribution is 5.94. The molecule has 0 aliphatic rings. The fourth-order valence-corrected chi connectivity index (χ4v) is 4.56. The van der Waals surface area contributed by atoms with E-state index < -0.39 is 35.9 Å². The van der Waals surface area contributed by atoms with E-state index in [1.807, 2.05) is 0 Å². The van der Waals surface area contributed by atoms with Gasteiger partial charge in [-0.3, -0.25) is 14.4 Å². The van der Waals surface area contributed by atoms with Crippen molar-refractivity contribution in [2.75, 3.05) is 20.8 Å². The maximum atomic E-state index is 13.1. The first-order chi connectivity index (χ1) is 23.6. The Bertz CT molecular complexity index is 1530. The first kappa shape index (κ1) is 38.0. The predicted molar refractivity (Wildman–Crippen MR) is 177 cm³/mol. The number of carbonyl (C=O) groups is 5.